The highest BCUT2D eigenvalue weighted by molar-refractivity contribution is 5.71. The summed E-state index contributed by atoms with van der Waals surface area (Å²) in [4.78, 5) is 17.3. The Hall–Kier alpha value is -1.13. The summed E-state index contributed by atoms with van der Waals surface area (Å²) in [5.41, 5.74) is -0.122. The van der Waals surface area contributed by atoms with Crippen molar-refractivity contribution < 1.29 is 20.0 Å². The molecule has 1 saturated carbocycles. The number of carboxylic acids is 1. The van der Waals surface area contributed by atoms with Crippen LogP contribution in [-0.2, 0) is 9.68 Å². The van der Waals surface area contributed by atoms with E-state index in [2.05, 4.69) is 43.0 Å². The molecule has 5 atom stereocenters. The van der Waals surface area contributed by atoms with Crippen molar-refractivity contribution in [3.05, 3.63) is 24.3 Å². The largest absolute Gasteiger partial charge is 0.481 e. The van der Waals surface area contributed by atoms with Crippen LogP contribution in [0.1, 0.15) is 162 Å². The molecule has 0 aromatic rings. The van der Waals surface area contributed by atoms with Gasteiger partial charge in [-0.3, -0.25) is 10.1 Å². The lowest BCUT2D eigenvalue weighted by Crippen LogP contribution is -2.51. The van der Waals surface area contributed by atoms with Crippen LogP contribution in [0.2, 0.25) is 0 Å². The molecule has 0 aliphatic heterocycles. The number of hydrogen-bond donors (Lipinski definition) is 2. The molecule has 232 valence electrons. The first-order chi connectivity index (χ1) is 19.6. The molecular weight excluding hydrogens is 496 g/mol. The van der Waals surface area contributed by atoms with Gasteiger partial charge in [0, 0.05) is 0 Å². The van der Waals surface area contributed by atoms with E-state index in [0.717, 1.165) is 51.4 Å². The first-order valence-electron chi connectivity index (χ1n) is 17.4. The number of unbranched alkanes of at least 4 members (excludes halogenated alkanes) is 11. The van der Waals surface area contributed by atoms with E-state index in [0.29, 0.717) is 24.4 Å². The molecule has 4 nitrogen and oxygen atoms in total. The summed E-state index contributed by atoms with van der Waals surface area (Å²) in [7, 11) is 0. The molecule has 1 spiro atoms. The molecular formula is C36H64O4. The number of rotatable bonds is 21. The van der Waals surface area contributed by atoms with E-state index in [4.69, 9.17) is 5.26 Å². The van der Waals surface area contributed by atoms with Crippen molar-refractivity contribution in [1.82, 2.24) is 0 Å². The molecule has 40 heavy (non-hydrogen) atoms. The summed E-state index contributed by atoms with van der Waals surface area (Å²) in [6, 6.07) is 0. The van der Waals surface area contributed by atoms with E-state index in [1.54, 1.807) is 0 Å². The maximum atomic E-state index is 13.1. The zero-order valence-electron chi connectivity index (χ0n) is 26.3. The van der Waals surface area contributed by atoms with Crippen LogP contribution in [0, 0.1) is 29.1 Å². The Morgan fingerprint density at radius 1 is 0.825 bits per heavy atom. The lowest BCUT2D eigenvalue weighted by molar-refractivity contribution is -0.242. The van der Waals surface area contributed by atoms with E-state index in [1.807, 2.05) is 0 Å². The number of aliphatic carboxylic acids is 1. The standard InChI is InChI=1S/C36H64O4/c1-3-5-7-9-13-19-25-33-31(23-17-8-6-4-2)27-28-32(24-18-12-10-11-16-22-30-40-39)36(33)29-21-15-14-20-26-34(36)35(37)38/h13,19,27-28,31-34,39H,3-12,14-18,20-26,29-30H2,1-2H3,(H,37,38). The van der Waals surface area contributed by atoms with Crippen molar-refractivity contribution >= 4 is 5.97 Å². The number of hydrogen-bond acceptors (Lipinski definition) is 3. The van der Waals surface area contributed by atoms with Gasteiger partial charge in [0.25, 0.3) is 0 Å². The van der Waals surface area contributed by atoms with Crippen LogP contribution in [0.4, 0.5) is 0 Å². The summed E-state index contributed by atoms with van der Waals surface area (Å²) in [5, 5.41) is 19.3. The Kier molecular flexibility index (Phi) is 18.9. The van der Waals surface area contributed by atoms with E-state index < -0.39 is 5.97 Å². The van der Waals surface area contributed by atoms with E-state index in [1.165, 1.54) is 96.3 Å². The highest BCUT2D eigenvalue weighted by atomic mass is 17.1. The van der Waals surface area contributed by atoms with Crippen LogP contribution in [0.3, 0.4) is 0 Å². The molecule has 0 bridgehead atoms. The molecule has 2 rings (SSSR count). The van der Waals surface area contributed by atoms with E-state index in [9.17, 15) is 9.90 Å². The third kappa shape index (κ3) is 11.6. The van der Waals surface area contributed by atoms with Gasteiger partial charge >= 0.3 is 5.97 Å². The van der Waals surface area contributed by atoms with Gasteiger partial charge in [-0.05, 0) is 74.5 Å². The Balaban J connectivity index is 2.28. The summed E-state index contributed by atoms with van der Waals surface area (Å²) >= 11 is 0. The second-order valence-electron chi connectivity index (χ2n) is 13.0. The second-order valence-corrected chi connectivity index (χ2v) is 13.0. The molecule has 4 heteroatoms. The summed E-state index contributed by atoms with van der Waals surface area (Å²) < 4.78 is 0. The van der Waals surface area contributed by atoms with Gasteiger partial charge in [0.15, 0.2) is 0 Å². The quantitative estimate of drug-likeness (QED) is 0.0634. The van der Waals surface area contributed by atoms with E-state index in [-0.39, 0.29) is 11.3 Å². The van der Waals surface area contributed by atoms with Gasteiger partial charge in [0.1, 0.15) is 0 Å². The van der Waals surface area contributed by atoms with Gasteiger partial charge in [-0.15, -0.1) is 0 Å². The third-order valence-electron chi connectivity index (χ3n) is 10.2. The van der Waals surface area contributed by atoms with Gasteiger partial charge < -0.3 is 5.11 Å². The minimum absolute atomic E-state index is 0.122. The van der Waals surface area contributed by atoms with Gasteiger partial charge in [0.2, 0.25) is 0 Å². The SMILES string of the molecule is CCCCCC=CCC1C(CCCCCC)C=CC(CCCCCCCCOO)C12CCCCCCC2C(=O)O. The smallest absolute Gasteiger partial charge is 0.307 e. The fourth-order valence-corrected chi connectivity index (χ4v) is 8.06. The minimum atomic E-state index is -0.532. The maximum Gasteiger partial charge on any atom is 0.307 e. The highest BCUT2D eigenvalue weighted by Gasteiger charge is 2.54. The summed E-state index contributed by atoms with van der Waals surface area (Å²) in [6.07, 6.45) is 36.8. The van der Waals surface area contributed by atoms with Crippen molar-refractivity contribution in [2.24, 2.45) is 29.1 Å². The van der Waals surface area contributed by atoms with Crippen LogP contribution in [0.5, 0.6) is 0 Å². The predicted octanol–water partition coefficient (Wildman–Crippen LogP) is 11.2. The Labute approximate surface area is 247 Å². The van der Waals surface area contributed by atoms with Crippen LogP contribution in [-0.4, -0.2) is 22.9 Å². The highest BCUT2D eigenvalue weighted by Crippen LogP contribution is 2.59. The second kappa shape index (κ2) is 21.6. The zero-order chi connectivity index (χ0) is 28.9. The minimum Gasteiger partial charge on any atom is -0.481 e. The molecule has 0 aromatic carbocycles. The van der Waals surface area contributed by atoms with Crippen molar-refractivity contribution in [1.29, 1.82) is 0 Å². The first kappa shape index (κ1) is 35.1. The van der Waals surface area contributed by atoms with Crippen LogP contribution >= 0.6 is 0 Å². The number of allylic oxidation sites excluding steroid dienone is 4. The van der Waals surface area contributed by atoms with Gasteiger partial charge in [0.05, 0.1) is 12.5 Å². The van der Waals surface area contributed by atoms with Gasteiger partial charge in [-0.25, -0.2) is 4.89 Å². The number of carbonyl (C=O) groups is 1. The lowest BCUT2D eigenvalue weighted by Gasteiger charge is -2.55. The van der Waals surface area contributed by atoms with E-state index >= 15 is 0 Å². The maximum absolute atomic E-state index is 13.1. The predicted molar refractivity (Wildman–Crippen MR) is 168 cm³/mol. The molecule has 0 amide bonds. The average Bonchev–Trinajstić information content (AvgIpc) is 2.93. The van der Waals surface area contributed by atoms with Crippen molar-refractivity contribution in [2.45, 2.75) is 162 Å². The molecule has 0 radical (unpaired) electrons. The summed E-state index contributed by atoms with van der Waals surface area (Å²) in [6.45, 7) is 4.97. The summed E-state index contributed by atoms with van der Waals surface area (Å²) in [5.74, 6) is 0.556. The molecule has 2 aliphatic rings. The zero-order valence-corrected chi connectivity index (χ0v) is 26.3. The molecule has 1 fully saturated rings. The van der Waals surface area contributed by atoms with Crippen LogP contribution < -0.4 is 0 Å². The Morgan fingerprint density at radius 3 is 2.25 bits per heavy atom. The van der Waals surface area contributed by atoms with Crippen molar-refractivity contribution in [3.63, 3.8) is 0 Å². The Bertz CT molecular complexity index is 701. The molecule has 5 unspecified atom stereocenters. The van der Waals surface area contributed by atoms with Crippen molar-refractivity contribution in [3.8, 4) is 0 Å². The third-order valence-corrected chi connectivity index (χ3v) is 10.2. The fourth-order valence-electron chi connectivity index (χ4n) is 8.06. The first-order valence-corrected chi connectivity index (χ1v) is 17.4. The average molecular weight is 561 g/mol. The van der Waals surface area contributed by atoms with Gasteiger partial charge in [-0.2, -0.15) is 0 Å². The van der Waals surface area contributed by atoms with Crippen LogP contribution in [0.15, 0.2) is 24.3 Å². The lowest BCUT2D eigenvalue weighted by atomic mass is 9.49. The fraction of sp³-hybridized carbons (Fsp3) is 0.861. The molecule has 0 saturated heterocycles. The topological polar surface area (TPSA) is 66.8 Å². The van der Waals surface area contributed by atoms with Crippen molar-refractivity contribution in [2.75, 3.05) is 6.61 Å². The molecule has 2 aliphatic carbocycles. The normalized spacial score (nSPS) is 27.3. The van der Waals surface area contributed by atoms with Crippen LogP contribution in [0.25, 0.3) is 0 Å². The van der Waals surface area contributed by atoms with Gasteiger partial charge in [-0.1, -0.05) is 134 Å². The monoisotopic (exact) mass is 560 g/mol. The molecule has 2 N–H and O–H groups in total. The Morgan fingerprint density at radius 2 is 1.50 bits per heavy atom. The molecule has 0 aromatic heterocycles. The molecule has 0 heterocycles. The number of carboxylic acid groups (broad SMARTS) is 1.